The van der Waals surface area contributed by atoms with Gasteiger partial charge in [0.15, 0.2) is 6.61 Å². The molecule has 2 rings (SSSR count). The van der Waals surface area contributed by atoms with Gasteiger partial charge in [-0.2, -0.15) is 0 Å². The number of benzene rings is 1. The van der Waals surface area contributed by atoms with Gasteiger partial charge in [0.1, 0.15) is 11.8 Å². The number of carboxylic acids is 1. The number of ether oxygens (including phenoxy) is 1. The number of aliphatic carboxylic acids is 1. The molecule has 3 N–H and O–H groups in total. The maximum atomic E-state index is 11.7. The van der Waals surface area contributed by atoms with Crippen LogP contribution in [0.3, 0.4) is 0 Å². The largest absolute Gasteiger partial charge is 0.482 e. The number of amides is 1. The average molecular weight is 236 g/mol. The minimum atomic E-state index is -1.08. The van der Waals surface area contributed by atoms with Crippen LogP contribution in [0.1, 0.15) is 6.92 Å². The molecule has 0 saturated heterocycles. The predicted molar refractivity (Wildman–Crippen MR) is 60.9 cm³/mol. The molecule has 1 heterocycles. The number of rotatable bonds is 2. The fourth-order valence-electron chi connectivity index (χ4n) is 1.72. The van der Waals surface area contributed by atoms with E-state index in [0.717, 1.165) is 0 Å². The summed E-state index contributed by atoms with van der Waals surface area (Å²) in [5.74, 6) is -1.00. The van der Waals surface area contributed by atoms with Crippen LogP contribution in [0, 0.1) is 0 Å². The molecule has 6 nitrogen and oxygen atoms in total. The third kappa shape index (κ3) is 1.89. The van der Waals surface area contributed by atoms with Crippen LogP contribution < -0.4 is 15.4 Å². The zero-order valence-corrected chi connectivity index (χ0v) is 9.21. The summed E-state index contributed by atoms with van der Waals surface area (Å²) in [6.45, 7) is 1.28. The number of hydrogen-bond acceptors (Lipinski definition) is 4. The summed E-state index contributed by atoms with van der Waals surface area (Å²) in [7, 11) is 0. The van der Waals surface area contributed by atoms with Crippen molar-refractivity contribution in [3.63, 3.8) is 0 Å². The molecule has 0 aromatic heterocycles. The number of carbonyl (C=O) groups excluding carboxylic acids is 1. The molecule has 0 bridgehead atoms. The van der Waals surface area contributed by atoms with E-state index >= 15 is 0 Å². The SMILES string of the molecule is CC(C(=O)O)N1C(=O)COc2ccc(N)cc21. The van der Waals surface area contributed by atoms with Crippen molar-refractivity contribution in [2.75, 3.05) is 17.2 Å². The van der Waals surface area contributed by atoms with Crippen LogP contribution in [-0.2, 0) is 9.59 Å². The summed E-state index contributed by atoms with van der Waals surface area (Å²) in [6.07, 6.45) is 0. The van der Waals surface area contributed by atoms with E-state index in [1.807, 2.05) is 0 Å². The number of hydrogen-bond donors (Lipinski definition) is 2. The second-order valence-electron chi connectivity index (χ2n) is 3.79. The number of nitrogens with two attached hydrogens (primary N) is 1. The van der Waals surface area contributed by atoms with E-state index in [4.69, 9.17) is 15.6 Å². The fourth-order valence-corrected chi connectivity index (χ4v) is 1.72. The smallest absolute Gasteiger partial charge is 0.326 e. The highest BCUT2D eigenvalue weighted by Crippen LogP contribution is 2.34. The molecule has 0 aliphatic carbocycles. The van der Waals surface area contributed by atoms with Gasteiger partial charge in [0, 0.05) is 5.69 Å². The van der Waals surface area contributed by atoms with Crippen LogP contribution in [0.5, 0.6) is 5.75 Å². The monoisotopic (exact) mass is 236 g/mol. The van der Waals surface area contributed by atoms with E-state index in [-0.39, 0.29) is 6.61 Å². The Labute approximate surface area is 97.6 Å². The minimum absolute atomic E-state index is 0.158. The molecule has 1 aromatic rings. The Kier molecular flexibility index (Phi) is 2.63. The van der Waals surface area contributed by atoms with Gasteiger partial charge in [-0.15, -0.1) is 0 Å². The number of carbonyl (C=O) groups is 2. The summed E-state index contributed by atoms with van der Waals surface area (Å²) < 4.78 is 5.21. The fraction of sp³-hybridized carbons (Fsp3) is 0.273. The van der Waals surface area contributed by atoms with Crippen molar-refractivity contribution in [3.8, 4) is 5.75 Å². The van der Waals surface area contributed by atoms with E-state index < -0.39 is 17.9 Å². The maximum Gasteiger partial charge on any atom is 0.326 e. The Balaban J connectivity index is 2.49. The molecule has 1 unspecified atom stereocenters. The highest BCUT2D eigenvalue weighted by molar-refractivity contribution is 6.02. The number of nitrogen functional groups attached to an aromatic ring is 1. The van der Waals surface area contributed by atoms with Crippen molar-refractivity contribution >= 4 is 23.3 Å². The van der Waals surface area contributed by atoms with Crippen LogP contribution in [0.25, 0.3) is 0 Å². The summed E-state index contributed by atoms with van der Waals surface area (Å²) in [5.41, 5.74) is 6.47. The van der Waals surface area contributed by atoms with E-state index in [9.17, 15) is 9.59 Å². The zero-order chi connectivity index (χ0) is 12.6. The summed E-state index contributed by atoms with van der Waals surface area (Å²) >= 11 is 0. The number of anilines is 2. The van der Waals surface area contributed by atoms with Gasteiger partial charge in [-0.1, -0.05) is 0 Å². The van der Waals surface area contributed by atoms with E-state index in [0.29, 0.717) is 17.1 Å². The molecule has 0 spiro atoms. The van der Waals surface area contributed by atoms with Gasteiger partial charge < -0.3 is 15.6 Å². The summed E-state index contributed by atoms with van der Waals surface area (Å²) in [5, 5.41) is 8.98. The number of nitrogens with zero attached hydrogens (tertiary/aromatic N) is 1. The van der Waals surface area contributed by atoms with Gasteiger partial charge >= 0.3 is 5.97 Å². The highest BCUT2D eigenvalue weighted by Gasteiger charge is 2.32. The predicted octanol–water partition coefficient (Wildman–Crippen LogP) is 0.467. The van der Waals surface area contributed by atoms with Gasteiger partial charge in [-0.05, 0) is 25.1 Å². The Morgan fingerprint density at radius 2 is 2.29 bits per heavy atom. The van der Waals surface area contributed by atoms with Crippen LogP contribution >= 0.6 is 0 Å². The molecule has 1 amide bonds. The first-order valence-electron chi connectivity index (χ1n) is 5.08. The lowest BCUT2D eigenvalue weighted by molar-refractivity contribution is -0.140. The second-order valence-corrected chi connectivity index (χ2v) is 3.79. The molecule has 6 heteroatoms. The topological polar surface area (TPSA) is 92.9 Å². The minimum Gasteiger partial charge on any atom is -0.482 e. The first kappa shape index (κ1) is 11.3. The Hall–Kier alpha value is -2.24. The van der Waals surface area contributed by atoms with Crippen molar-refractivity contribution in [2.45, 2.75) is 13.0 Å². The van der Waals surface area contributed by atoms with Crippen LogP contribution in [0.2, 0.25) is 0 Å². The third-order valence-electron chi connectivity index (χ3n) is 2.61. The summed E-state index contributed by atoms with van der Waals surface area (Å²) in [4.78, 5) is 23.9. The quantitative estimate of drug-likeness (QED) is 0.728. The van der Waals surface area contributed by atoms with Gasteiger partial charge in [0.05, 0.1) is 5.69 Å². The normalized spacial score (nSPS) is 16.1. The molecule has 17 heavy (non-hydrogen) atoms. The highest BCUT2D eigenvalue weighted by atomic mass is 16.5. The molecular formula is C11H12N2O4. The van der Waals surface area contributed by atoms with Gasteiger partial charge in [0.25, 0.3) is 5.91 Å². The van der Waals surface area contributed by atoms with Gasteiger partial charge in [-0.25, -0.2) is 4.79 Å². The zero-order valence-electron chi connectivity index (χ0n) is 9.21. The molecule has 90 valence electrons. The maximum absolute atomic E-state index is 11.7. The van der Waals surface area contributed by atoms with Gasteiger partial charge in [0.2, 0.25) is 0 Å². The second kappa shape index (κ2) is 3.97. The molecular weight excluding hydrogens is 224 g/mol. The number of fused-ring (bicyclic) bond motifs is 1. The van der Waals surface area contributed by atoms with Crippen molar-refractivity contribution in [1.82, 2.24) is 0 Å². The first-order chi connectivity index (χ1) is 8.00. The lowest BCUT2D eigenvalue weighted by atomic mass is 10.1. The summed E-state index contributed by atoms with van der Waals surface area (Å²) in [6, 6.07) is 3.84. The van der Waals surface area contributed by atoms with Crippen molar-refractivity contribution in [3.05, 3.63) is 18.2 Å². The third-order valence-corrected chi connectivity index (χ3v) is 2.61. The van der Waals surface area contributed by atoms with E-state index in [1.54, 1.807) is 12.1 Å². The Morgan fingerprint density at radius 3 is 2.94 bits per heavy atom. The average Bonchev–Trinajstić information content (AvgIpc) is 2.27. The lowest BCUT2D eigenvalue weighted by Crippen LogP contribution is -2.48. The molecule has 0 fully saturated rings. The molecule has 1 atom stereocenters. The van der Waals surface area contributed by atoms with Crippen LogP contribution in [0.4, 0.5) is 11.4 Å². The molecule has 1 aliphatic rings. The molecule has 1 aromatic carbocycles. The van der Waals surface area contributed by atoms with Crippen LogP contribution in [-0.4, -0.2) is 29.6 Å². The van der Waals surface area contributed by atoms with Gasteiger partial charge in [-0.3, -0.25) is 9.69 Å². The van der Waals surface area contributed by atoms with Crippen molar-refractivity contribution in [1.29, 1.82) is 0 Å². The molecule has 0 radical (unpaired) electrons. The lowest BCUT2D eigenvalue weighted by Gasteiger charge is -2.32. The number of carboxylic acid groups (broad SMARTS) is 1. The van der Waals surface area contributed by atoms with Crippen LogP contribution in [0.15, 0.2) is 18.2 Å². The van der Waals surface area contributed by atoms with Crippen molar-refractivity contribution < 1.29 is 19.4 Å². The van der Waals surface area contributed by atoms with Crippen molar-refractivity contribution in [2.24, 2.45) is 0 Å². The van der Waals surface area contributed by atoms with E-state index in [2.05, 4.69) is 0 Å². The standard InChI is InChI=1S/C11H12N2O4/c1-6(11(15)16)13-8-4-7(12)2-3-9(8)17-5-10(13)14/h2-4,6H,5,12H2,1H3,(H,15,16). The Morgan fingerprint density at radius 1 is 1.59 bits per heavy atom. The molecule has 0 saturated carbocycles. The molecule has 1 aliphatic heterocycles. The van der Waals surface area contributed by atoms with E-state index in [1.165, 1.54) is 17.9 Å². The first-order valence-corrected chi connectivity index (χ1v) is 5.08. The Bertz CT molecular complexity index is 486.